The SMILES string of the molecule is CCCNC(=O)[C@@H](C)N(Cc1ccc(C)cc1)C(=O)CN(c1ccc(OCC)cc1)S(=O)(=O)c1ccc(Cl)cc1. The number of carbonyl (C=O) groups excluding carboxylic acids is 2. The average Bonchev–Trinajstić information content (AvgIpc) is 2.94. The van der Waals surface area contributed by atoms with E-state index in [0.717, 1.165) is 21.9 Å². The highest BCUT2D eigenvalue weighted by molar-refractivity contribution is 7.92. The van der Waals surface area contributed by atoms with Gasteiger partial charge in [0.05, 0.1) is 17.2 Å². The van der Waals surface area contributed by atoms with Crippen molar-refractivity contribution in [1.29, 1.82) is 0 Å². The minimum atomic E-state index is -4.18. The van der Waals surface area contributed by atoms with Crippen molar-refractivity contribution in [3.8, 4) is 5.75 Å². The highest BCUT2D eigenvalue weighted by Gasteiger charge is 2.32. The molecular weight excluding hydrogens is 550 g/mol. The highest BCUT2D eigenvalue weighted by atomic mass is 35.5. The number of anilines is 1. The normalized spacial score (nSPS) is 11.9. The molecule has 0 saturated carbocycles. The number of ether oxygens (including phenoxy) is 1. The maximum absolute atomic E-state index is 13.9. The van der Waals surface area contributed by atoms with Gasteiger partial charge in [0.25, 0.3) is 10.0 Å². The maximum atomic E-state index is 13.9. The minimum absolute atomic E-state index is 0.0163. The second kappa shape index (κ2) is 14.2. The van der Waals surface area contributed by atoms with Crippen LogP contribution in [0.15, 0.2) is 77.7 Å². The van der Waals surface area contributed by atoms with Crippen LogP contribution in [0.2, 0.25) is 5.02 Å². The number of nitrogens with zero attached hydrogens (tertiary/aromatic N) is 2. The highest BCUT2D eigenvalue weighted by Crippen LogP contribution is 2.27. The van der Waals surface area contributed by atoms with Gasteiger partial charge < -0.3 is 15.0 Å². The summed E-state index contributed by atoms with van der Waals surface area (Å²) in [4.78, 5) is 28.2. The Labute approximate surface area is 241 Å². The van der Waals surface area contributed by atoms with Crippen LogP contribution in [0.1, 0.15) is 38.3 Å². The summed E-state index contributed by atoms with van der Waals surface area (Å²) in [6, 6.07) is 19.0. The van der Waals surface area contributed by atoms with E-state index in [0.29, 0.717) is 23.9 Å². The molecule has 0 aliphatic carbocycles. The summed E-state index contributed by atoms with van der Waals surface area (Å²) in [6.45, 7) is 7.94. The minimum Gasteiger partial charge on any atom is -0.494 e. The van der Waals surface area contributed by atoms with Crippen LogP contribution in [-0.2, 0) is 26.2 Å². The molecule has 8 nitrogen and oxygen atoms in total. The summed E-state index contributed by atoms with van der Waals surface area (Å²) in [7, 11) is -4.18. The molecule has 3 rings (SSSR count). The van der Waals surface area contributed by atoms with Crippen LogP contribution in [0.25, 0.3) is 0 Å². The first kappa shape index (κ1) is 31.0. The number of amides is 2. The average molecular weight is 586 g/mol. The van der Waals surface area contributed by atoms with Crippen LogP contribution >= 0.6 is 11.6 Å². The lowest BCUT2D eigenvalue weighted by molar-refractivity contribution is -0.139. The molecule has 3 aromatic carbocycles. The quantitative estimate of drug-likeness (QED) is 0.298. The van der Waals surface area contributed by atoms with E-state index in [-0.39, 0.29) is 23.0 Å². The molecule has 214 valence electrons. The van der Waals surface area contributed by atoms with Crippen molar-refractivity contribution >= 4 is 39.1 Å². The third-order valence-electron chi connectivity index (χ3n) is 6.31. The van der Waals surface area contributed by atoms with Gasteiger partial charge in [0, 0.05) is 18.1 Å². The van der Waals surface area contributed by atoms with Crippen molar-refractivity contribution in [3.63, 3.8) is 0 Å². The van der Waals surface area contributed by atoms with E-state index in [1.54, 1.807) is 31.2 Å². The Balaban J connectivity index is 2.01. The van der Waals surface area contributed by atoms with Gasteiger partial charge in [0.15, 0.2) is 0 Å². The molecule has 0 spiro atoms. The predicted octanol–water partition coefficient (Wildman–Crippen LogP) is 5.19. The molecule has 0 radical (unpaired) electrons. The van der Waals surface area contributed by atoms with Crippen LogP contribution in [0.5, 0.6) is 5.75 Å². The Kier molecular flexibility index (Phi) is 11.0. The molecule has 3 aromatic rings. The smallest absolute Gasteiger partial charge is 0.264 e. The van der Waals surface area contributed by atoms with Crippen molar-refractivity contribution in [3.05, 3.63) is 88.9 Å². The van der Waals surface area contributed by atoms with Gasteiger partial charge in [-0.25, -0.2) is 8.42 Å². The molecule has 0 aliphatic heterocycles. The van der Waals surface area contributed by atoms with Crippen molar-refractivity contribution in [2.75, 3.05) is 24.0 Å². The Morgan fingerprint density at radius 1 is 0.950 bits per heavy atom. The van der Waals surface area contributed by atoms with E-state index in [9.17, 15) is 18.0 Å². The summed E-state index contributed by atoms with van der Waals surface area (Å²) in [5, 5.41) is 3.22. The van der Waals surface area contributed by atoms with Crippen molar-refractivity contribution in [2.45, 2.75) is 51.6 Å². The number of sulfonamides is 1. The lowest BCUT2D eigenvalue weighted by Crippen LogP contribution is -2.51. The Morgan fingerprint density at radius 3 is 2.15 bits per heavy atom. The fraction of sp³-hybridized carbons (Fsp3) is 0.333. The second-order valence-electron chi connectivity index (χ2n) is 9.37. The van der Waals surface area contributed by atoms with Crippen LogP contribution in [-0.4, -0.2) is 50.9 Å². The molecule has 10 heteroatoms. The zero-order valence-corrected chi connectivity index (χ0v) is 24.8. The van der Waals surface area contributed by atoms with Gasteiger partial charge in [0.2, 0.25) is 11.8 Å². The topological polar surface area (TPSA) is 96.0 Å². The van der Waals surface area contributed by atoms with Gasteiger partial charge in [-0.05, 0) is 81.3 Å². The van der Waals surface area contributed by atoms with Crippen molar-refractivity contribution in [1.82, 2.24) is 10.2 Å². The van der Waals surface area contributed by atoms with Gasteiger partial charge in [-0.3, -0.25) is 13.9 Å². The molecular formula is C30H36ClN3O5S. The molecule has 40 heavy (non-hydrogen) atoms. The van der Waals surface area contributed by atoms with E-state index in [1.807, 2.05) is 45.0 Å². The van der Waals surface area contributed by atoms with Gasteiger partial charge in [-0.2, -0.15) is 0 Å². The maximum Gasteiger partial charge on any atom is 0.264 e. The van der Waals surface area contributed by atoms with Gasteiger partial charge in [0.1, 0.15) is 18.3 Å². The number of carbonyl (C=O) groups is 2. The first-order valence-corrected chi connectivity index (χ1v) is 15.0. The zero-order chi connectivity index (χ0) is 29.3. The molecule has 0 heterocycles. The fourth-order valence-electron chi connectivity index (χ4n) is 4.01. The molecule has 0 fully saturated rings. The summed E-state index contributed by atoms with van der Waals surface area (Å²) in [6.07, 6.45) is 0.745. The number of halogens is 1. The molecule has 0 unspecified atom stereocenters. The lowest BCUT2D eigenvalue weighted by Gasteiger charge is -2.32. The third-order valence-corrected chi connectivity index (χ3v) is 8.35. The molecule has 0 saturated heterocycles. The van der Waals surface area contributed by atoms with E-state index in [1.165, 1.54) is 29.2 Å². The number of rotatable bonds is 13. The predicted molar refractivity (Wildman–Crippen MR) is 158 cm³/mol. The van der Waals surface area contributed by atoms with E-state index < -0.39 is 28.5 Å². The van der Waals surface area contributed by atoms with Gasteiger partial charge in [-0.1, -0.05) is 48.4 Å². The monoisotopic (exact) mass is 585 g/mol. The van der Waals surface area contributed by atoms with Crippen LogP contribution < -0.4 is 14.4 Å². The third kappa shape index (κ3) is 7.99. The van der Waals surface area contributed by atoms with Crippen molar-refractivity contribution < 1.29 is 22.7 Å². The van der Waals surface area contributed by atoms with Crippen LogP contribution in [0, 0.1) is 6.92 Å². The van der Waals surface area contributed by atoms with Crippen molar-refractivity contribution in [2.24, 2.45) is 0 Å². The number of nitrogens with one attached hydrogen (secondary N) is 1. The first-order chi connectivity index (χ1) is 19.1. The lowest BCUT2D eigenvalue weighted by atomic mass is 10.1. The molecule has 0 aromatic heterocycles. The Morgan fingerprint density at radius 2 is 1.57 bits per heavy atom. The zero-order valence-electron chi connectivity index (χ0n) is 23.3. The number of aryl methyl sites for hydroxylation is 1. The van der Waals surface area contributed by atoms with Crippen LogP contribution in [0.4, 0.5) is 5.69 Å². The van der Waals surface area contributed by atoms with E-state index >= 15 is 0 Å². The largest absolute Gasteiger partial charge is 0.494 e. The summed E-state index contributed by atoms with van der Waals surface area (Å²) in [5.41, 5.74) is 2.17. The number of hydrogen-bond acceptors (Lipinski definition) is 5. The summed E-state index contributed by atoms with van der Waals surface area (Å²) < 4.78 is 34.3. The fourth-order valence-corrected chi connectivity index (χ4v) is 5.55. The Bertz CT molecular complexity index is 1380. The molecule has 0 aliphatic rings. The standard InChI is InChI=1S/C30H36ClN3O5S/c1-5-19-32-30(36)23(4)33(20-24-9-7-22(3)8-10-24)29(35)21-34(26-13-15-27(16-14-26)39-6-2)40(37,38)28-17-11-25(31)12-18-28/h7-18,23H,5-6,19-21H2,1-4H3,(H,32,36)/t23-/m1/s1. The van der Waals surface area contributed by atoms with E-state index in [2.05, 4.69) is 5.32 Å². The number of benzene rings is 3. The molecule has 2 amide bonds. The first-order valence-electron chi connectivity index (χ1n) is 13.2. The number of hydrogen-bond donors (Lipinski definition) is 1. The Hall–Kier alpha value is -3.56. The summed E-state index contributed by atoms with van der Waals surface area (Å²) in [5.74, 6) is -0.259. The van der Waals surface area contributed by atoms with Gasteiger partial charge in [-0.15, -0.1) is 0 Å². The van der Waals surface area contributed by atoms with Crippen LogP contribution in [0.3, 0.4) is 0 Å². The molecule has 1 N–H and O–H groups in total. The molecule has 1 atom stereocenters. The second-order valence-corrected chi connectivity index (χ2v) is 11.7. The summed E-state index contributed by atoms with van der Waals surface area (Å²) >= 11 is 6.00. The molecule has 0 bridgehead atoms. The van der Waals surface area contributed by atoms with E-state index in [4.69, 9.17) is 16.3 Å². The van der Waals surface area contributed by atoms with Gasteiger partial charge >= 0.3 is 0 Å².